The van der Waals surface area contributed by atoms with Gasteiger partial charge in [-0.05, 0) is 31.2 Å². The molecule has 2 heterocycles. The number of benzene rings is 1. The lowest BCUT2D eigenvalue weighted by molar-refractivity contribution is 0.0636. The Morgan fingerprint density at radius 2 is 2.06 bits per heavy atom. The van der Waals surface area contributed by atoms with E-state index in [1.807, 2.05) is 0 Å². The SMILES string of the molecule is NCC1(Cc2ccccc2)CC2CCC1O2. The highest BCUT2D eigenvalue weighted by molar-refractivity contribution is 5.19. The van der Waals surface area contributed by atoms with Gasteiger partial charge in [-0.3, -0.25) is 0 Å². The van der Waals surface area contributed by atoms with E-state index >= 15 is 0 Å². The van der Waals surface area contributed by atoms with Gasteiger partial charge in [0.25, 0.3) is 0 Å². The highest BCUT2D eigenvalue weighted by Gasteiger charge is 2.51. The van der Waals surface area contributed by atoms with Gasteiger partial charge >= 0.3 is 0 Å². The molecule has 2 aliphatic heterocycles. The summed E-state index contributed by atoms with van der Waals surface area (Å²) in [5.74, 6) is 0. The minimum atomic E-state index is 0.213. The molecule has 2 N–H and O–H groups in total. The Bertz CT molecular complexity index is 364. The van der Waals surface area contributed by atoms with Gasteiger partial charge < -0.3 is 10.5 Å². The van der Waals surface area contributed by atoms with Crippen LogP contribution in [0.5, 0.6) is 0 Å². The van der Waals surface area contributed by atoms with Crippen LogP contribution in [0, 0.1) is 5.41 Å². The molecule has 2 fully saturated rings. The third-order valence-corrected chi connectivity index (χ3v) is 4.23. The molecule has 2 nitrogen and oxygen atoms in total. The molecule has 1 aromatic carbocycles. The first-order valence-electron chi connectivity index (χ1n) is 6.22. The molecule has 0 radical (unpaired) electrons. The summed E-state index contributed by atoms with van der Waals surface area (Å²) in [6.07, 6.45) is 5.56. The number of rotatable bonds is 3. The van der Waals surface area contributed by atoms with E-state index in [4.69, 9.17) is 10.5 Å². The fraction of sp³-hybridized carbons (Fsp3) is 0.571. The lowest BCUT2D eigenvalue weighted by Crippen LogP contribution is -2.41. The van der Waals surface area contributed by atoms with Crippen LogP contribution in [0.1, 0.15) is 24.8 Å². The third-order valence-electron chi connectivity index (χ3n) is 4.23. The Morgan fingerprint density at radius 3 is 2.62 bits per heavy atom. The highest BCUT2D eigenvalue weighted by Crippen LogP contribution is 2.48. The molecule has 3 unspecified atom stereocenters. The maximum absolute atomic E-state index is 6.02. The Balaban J connectivity index is 1.82. The van der Waals surface area contributed by atoms with E-state index < -0.39 is 0 Å². The number of fused-ring (bicyclic) bond motifs is 2. The van der Waals surface area contributed by atoms with Crippen molar-refractivity contribution in [2.75, 3.05) is 6.54 Å². The van der Waals surface area contributed by atoms with Crippen molar-refractivity contribution in [2.24, 2.45) is 11.1 Å². The quantitative estimate of drug-likeness (QED) is 0.841. The summed E-state index contributed by atoms with van der Waals surface area (Å²) in [4.78, 5) is 0. The molecule has 0 saturated carbocycles. The molecule has 86 valence electrons. The average molecular weight is 217 g/mol. The van der Waals surface area contributed by atoms with Crippen molar-refractivity contribution in [1.82, 2.24) is 0 Å². The lowest BCUT2D eigenvalue weighted by atomic mass is 9.70. The van der Waals surface area contributed by atoms with Crippen LogP contribution in [0.4, 0.5) is 0 Å². The summed E-state index contributed by atoms with van der Waals surface area (Å²) in [5.41, 5.74) is 7.63. The molecule has 2 heteroatoms. The number of hydrogen-bond acceptors (Lipinski definition) is 2. The van der Waals surface area contributed by atoms with Gasteiger partial charge in [-0.2, -0.15) is 0 Å². The molecule has 16 heavy (non-hydrogen) atoms. The molecule has 3 atom stereocenters. The van der Waals surface area contributed by atoms with Gasteiger partial charge in [0.1, 0.15) is 0 Å². The summed E-state index contributed by atoms with van der Waals surface area (Å²) in [6, 6.07) is 10.7. The largest absolute Gasteiger partial charge is 0.374 e. The van der Waals surface area contributed by atoms with Crippen molar-refractivity contribution in [3.05, 3.63) is 35.9 Å². The first-order valence-corrected chi connectivity index (χ1v) is 6.22. The Kier molecular flexibility index (Phi) is 2.49. The summed E-state index contributed by atoms with van der Waals surface area (Å²) in [5, 5.41) is 0. The molecule has 2 bridgehead atoms. The first-order chi connectivity index (χ1) is 7.82. The predicted octanol–water partition coefficient (Wildman–Crippen LogP) is 2.13. The molecule has 0 aromatic heterocycles. The smallest absolute Gasteiger partial charge is 0.0652 e. The van der Waals surface area contributed by atoms with Crippen molar-refractivity contribution >= 4 is 0 Å². The van der Waals surface area contributed by atoms with Crippen LogP contribution in [-0.4, -0.2) is 18.8 Å². The zero-order valence-electron chi connectivity index (χ0n) is 9.56. The Labute approximate surface area is 96.8 Å². The zero-order valence-corrected chi connectivity index (χ0v) is 9.56. The van der Waals surface area contributed by atoms with Gasteiger partial charge in [0.05, 0.1) is 12.2 Å². The van der Waals surface area contributed by atoms with E-state index in [0.717, 1.165) is 19.4 Å². The summed E-state index contributed by atoms with van der Waals surface area (Å²) < 4.78 is 5.97. The van der Waals surface area contributed by atoms with Gasteiger partial charge in [0, 0.05) is 12.0 Å². The van der Waals surface area contributed by atoms with E-state index in [2.05, 4.69) is 30.3 Å². The van der Waals surface area contributed by atoms with Gasteiger partial charge in [-0.1, -0.05) is 30.3 Å². The predicted molar refractivity (Wildman–Crippen MR) is 64.1 cm³/mol. The van der Waals surface area contributed by atoms with Crippen LogP contribution in [0.2, 0.25) is 0 Å². The van der Waals surface area contributed by atoms with Crippen molar-refractivity contribution < 1.29 is 4.74 Å². The van der Waals surface area contributed by atoms with Crippen LogP contribution in [-0.2, 0) is 11.2 Å². The topological polar surface area (TPSA) is 35.2 Å². The minimum absolute atomic E-state index is 0.213. The molecule has 1 aromatic rings. The van der Waals surface area contributed by atoms with Gasteiger partial charge in [-0.15, -0.1) is 0 Å². The summed E-state index contributed by atoms with van der Waals surface area (Å²) in [7, 11) is 0. The third kappa shape index (κ3) is 1.57. The molecular weight excluding hydrogens is 198 g/mol. The second kappa shape index (κ2) is 3.86. The molecule has 0 amide bonds. The fourth-order valence-electron chi connectivity index (χ4n) is 3.37. The maximum atomic E-state index is 6.02. The Morgan fingerprint density at radius 1 is 1.25 bits per heavy atom. The standard InChI is InChI=1S/C14H19NO/c15-10-14(8-11-4-2-1-3-5-11)9-12-6-7-13(14)16-12/h1-5,12-13H,6-10,15H2. The molecule has 0 aliphatic carbocycles. The van der Waals surface area contributed by atoms with Crippen LogP contribution >= 0.6 is 0 Å². The summed E-state index contributed by atoms with van der Waals surface area (Å²) in [6.45, 7) is 0.753. The number of ether oxygens (including phenoxy) is 1. The van der Waals surface area contributed by atoms with Crippen LogP contribution in [0.15, 0.2) is 30.3 Å². The van der Waals surface area contributed by atoms with E-state index in [0.29, 0.717) is 12.2 Å². The normalized spacial score (nSPS) is 36.8. The number of nitrogens with two attached hydrogens (primary N) is 1. The average Bonchev–Trinajstić information content (AvgIpc) is 2.91. The fourth-order valence-corrected chi connectivity index (χ4v) is 3.37. The van der Waals surface area contributed by atoms with Gasteiger partial charge in [-0.25, -0.2) is 0 Å². The maximum Gasteiger partial charge on any atom is 0.0652 e. The van der Waals surface area contributed by atoms with Crippen molar-refractivity contribution in [3.8, 4) is 0 Å². The van der Waals surface area contributed by atoms with Crippen LogP contribution in [0.3, 0.4) is 0 Å². The van der Waals surface area contributed by atoms with Crippen LogP contribution in [0.25, 0.3) is 0 Å². The second-order valence-electron chi connectivity index (χ2n) is 5.26. The molecular formula is C14H19NO. The molecule has 3 rings (SSSR count). The van der Waals surface area contributed by atoms with Crippen LogP contribution < -0.4 is 5.73 Å². The monoisotopic (exact) mass is 217 g/mol. The lowest BCUT2D eigenvalue weighted by Gasteiger charge is -2.34. The van der Waals surface area contributed by atoms with Crippen molar-refractivity contribution in [1.29, 1.82) is 0 Å². The van der Waals surface area contributed by atoms with E-state index in [1.165, 1.54) is 18.4 Å². The second-order valence-corrected chi connectivity index (χ2v) is 5.26. The van der Waals surface area contributed by atoms with E-state index in [-0.39, 0.29) is 5.41 Å². The highest BCUT2D eigenvalue weighted by atomic mass is 16.5. The number of hydrogen-bond donors (Lipinski definition) is 1. The molecule has 0 spiro atoms. The molecule has 2 aliphatic rings. The van der Waals surface area contributed by atoms with Crippen molar-refractivity contribution in [3.63, 3.8) is 0 Å². The summed E-state index contributed by atoms with van der Waals surface area (Å²) >= 11 is 0. The zero-order chi connectivity index (χ0) is 11.0. The Hall–Kier alpha value is -0.860. The van der Waals surface area contributed by atoms with Crippen molar-refractivity contribution in [2.45, 2.75) is 37.9 Å². The van der Waals surface area contributed by atoms with Gasteiger partial charge in [0.2, 0.25) is 0 Å². The first kappa shape index (κ1) is 10.3. The minimum Gasteiger partial charge on any atom is -0.374 e. The van der Waals surface area contributed by atoms with E-state index in [9.17, 15) is 0 Å². The molecule has 2 saturated heterocycles. The van der Waals surface area contributed by atoms with E-state index in [1.54, 1.807) is 0 Å². The van der Waals surface area contributed by atoms with Gasteiger partial charge in [0.15, 0.2) is 0 Å².